The van der Waals surface area contributed by atoms with E-state index < -0.39 is 10.1 Å². The van der Waals surface area contributed by atoms with Gasteiger partial charge in [0.1, 0.15) is 22.8 Å². The van der Waals surface area contributed by atoms with Crippen molar-refractivity contribution < 1.29 is 17.4 Å². The van der Waals surface area contributed by atoms with Crippen molar-refractivity contribution in [3.8, 4) is 22.5 Å². The van der Waals surface area contributed by atoms with Crippen LogP contribution < -0.4 is 14.8 Å². The van der Waals surface area contributed by atoms with Crippen LogP contribution in [-0.2, 0) is 10.1 Å². The van der Waals surface area contributed by atoms with Crippen molar-refractivity contribution in [3.63, 3.8) is 0 Å². The molecule has 3 aliphatic heterocycles. The van der Waals surface area contributed by atoms with Gasteiger partial charge in [-0.1, -0.05) is 37.5 Å². The fourth-order valence-electron chi connectivity index (χ4n) is 9.30. The zero-order chi connectivity index (χ0) is 29.8. The number of anilines is 1. The van der Waals surface area contributed by atoms with Crippen molar-refractivity contribution in [2.24, 2.45) is 11.8 Å². The summed E-state index contributed by atoms with van der Waals surface area (Å²) < 4.78 is 44.9. The van der Waals surface area contributed by atoms with E-state index in [-0.39, 0.29) is 4.90 Å². The van der Waals surface area contributed by atoms with Gasteiger partial charge in [-0.15, -0.1) is 0 Å². The van der Waals surface area contributed by atoms with Crippen LogP contribution in [-0.4, -0.2) is 38.1 Å². The van der Waals surface area contributed by atoms with Gasteiger partial charge in [0, 0.05) is 71.2 Å². The Kier molecular flexibility index (Phi) is 7.29. The number of rotatable bonds is 3. The standard InChI is InChI=1S/C37H42N2O4S/c40-44(41,42)36-16-6-3-13-31(36)37-29-19-17-27(38-21-7-11-25-9-1-4-14-32(25)38)23-34(29)43-35-24-28(18-20-30(35)37)39-22-8-12-26-10-2-5-15-33(26)39/h3,6,13,16-20,23-26,32-33H,1-2,4-5,7-12,14-15,21-22H2/p+1. The Morgan fingerprint density at radius 1 is 0.773 bits per heavy atom. The molecule has 4 atom stereocenters. The summed E-state index contributed by atoms with van der Waals surface area (Å²) in [7, 11) is -4.44. The first-order valence-electron chi connectivity index (χ1n) is 16.9. The maximum Gasteiger partial charge on any atom is 0.295 e. The molecule has 44 heavy (non-hydrogen) atoms. The van der Waals surface area contributed by atoms with Gasteiger partial charge in [-0.25, -0.2) is 4.58 Å². The van der Waals surface area contributed by atoms with Gasteiger partial charge in [-0.05, 0) is 75.1 Å². The minimum absolute atomic E-state index is 0.0795. The molecule has 4 fully saturated rings. The summed E-state index contributed by atoms with van der Waals surface area (Å²) in [5.74, 6) is 2.27. The fraction of sp³-hybridized carbons (Fsp3) is 0.486. The highest BCUT2D eigenvalue weighted by Gasteiger charge is 2.37. The third kappa shape index (κ3) is 4.96. The quantitative estimate of drug-likeness (QED) is 0.146. The van der Waals surface area contributed by atoms with E-state index in [0.717, 1.165) is 52.8 Å². The molecule has 2 saturated carbocycles. The maximum absolute atomic E-state index is 12.6. The van der Waals surface area contributed by atoms with Gasteiger partial charge >= 0.3 is 0 Å². The zero-order valence-electron chi connectivity index (χ0n) is 25.5. The molecule has 6 aliphatic rings. The first-order chi connectivity index (χ1) is 21.5. The number of benzene rings is 3. The van der Waals surface area contributed by atoms with E-state index in [0.29, 0.717) is 17.6 Å². The van der Waals surface area contributed by atoms with E-state index in [1.807, 2.05) is 6.07 Å². The Bertz CT molecular complexity index is 1860. The van der Waals surface area contributed by atoms with Crippen LogP contribution in [0.5, 0.6) is 0 Å². The molecular weight excluding hydrogens is 568 g/mol. The van der Waals surface area contributed by atoms with E-state index >= 15 is 0 Å². The summed E-state index contributed by atoms with van der Waals surface area (Å²) in [6, 6.07) is 20.9. The third-order valence-electron chi connectivity index (χ3n) is 11.3. The normalized spacial score (nSPS) is 27.2. The first kappa shape index (κ1) is 28.3. The number of piperidine rings is 2. The fourth-order valence-corrected chi connectivity index (χ4v) is 10.0. The summed E-state index contributed by atoms with van der Waals surface area (Å²) in [6.07, 6.45) is 15.4. The summed E-state index contributed by atoms with van der Waals surface area (Å²) in [5.41, 5.74) is 4.07. The van der Waals surface area contributed by atoms with E-state index in [1.54, 1.807) is 12.1 Å². The van der Waals surface area contributed by atoms with Gasteiger partial charge < -0.3 is 9.32 Å². The monoisotopic (exact) mass is 611 g/mol. The van der Waals surface area contributed by atoms with Gasteiger partial charge in [-0.3, -0.25) is 4.55 Å². The van der Waals surface area contributed by atoms with Gasteiger partial charge in [-0.2, -0.15) is 8.42 Å². The Hall–Kier alpha value is -3.16. The average molecular weight is 612 g/mol. The Balaban J connectivity index is 1.35. The largest absolute Gasteiger partial charge is 0.456 e. The minimum atomic E-state index is -4.44. The van der Waals surface area contributed by atoms with Crippen molar-refractivity contribution in [1.82, 2.24) is 4.58 Å². The molecule has 2 aromatic carbocycles. The number of fused-ring (bicyclic) bond motifs is 4. The van der Waals surface area contributed by atoms with E-state index in [1.165, 1.54) is 94.2 Å². The van der Waals surface area contributed by atoms with Gasteiger partial charge in [0.25, 0.3) is 10.1 Å². The molecule has 0 bridgehead atoms. The van der Waals surface area contributed by atoms with Crippen LogP contribution in [0.3, 0.4) is 0 Å². The lowest BCUT2D eigenvalue weighted by Gasteiger charge is -2.45. The molecule has 6 nitrogen and oxygen atoms in total. The smallest absolute Gasteiger partial charge is 0.295 e. The van der Waals surface area contributed by atoms with Crippen molar-refractivity contribution in [2.45, 2.75) is 94.0 Å². The van der Waals surface area contributed by atoms with Crippen molar-refractivity contribution >= 4 is 26.8 Å². The lowest BCUT2D eigenvalue weighted by atomic mass is 9.78. The molecule has 3 aliphatic carbocycles. The highest BCUT2D eigenvalue weighted by molar-refractivity contribution is 7.86. The molecule has 7 heteroatoms. The molecule has 1 N–H and O–H groups in total. The van der Waals surface area contributed by atoms with Crippen LogP contribution in [0.1, 0.15) is 77.0 Å². The minimum Gasteiger partial charge on any atom is -0.456 e. The highest BCUT2D eigenvalue weighted by Crippen LogP contribution is 2.44. The molecule has 230 valence electrons. The summed E-state index contributed by atoms with van der Waals surface area (Å²) >= 11 is 0. The van der Waals surface area contributed by atoms with Crippen molar-refractivity contribution in [2.75, 3.05) is 18.0 Å². The summed E-state index contributed by atoms with van der Waals surface area (Å²) in [6.45, 7) is 2.11. The second-order valence-corrected chi connectivity index (χ2v) is 15.1. The first-order valence-corrected chi connectivity index (χ1v) is 18.3. The molecule has 4 unspecified atom stereocenters. The molecule has 8 rings (SSSR count). The average Bonchev–Trinajstić information content (AvgIpc) is 3.06. The zero-order valence-corrected chi connectivity index (χ0v) is 26.3. The van der Waals surface area contributed by atoms with Crippen LogP contribution in [0.2, 0.25) is 0 Å². The number of hydrogen-bond acceptors (Lipinski definition) is 4. The van der Waals surface area contributed by atoms with Crippen LogP contribution in [0.15, 0.2) is 70.0 Å². The number of nitrogens with zero attached hydrogens (tertiary/aromatic N) is 2. The Labute approximate surface area is 260 Å². The Morgan fingerprint density at radius 3 is 2.43 bits per heavy atom. The lowest BCUT2D eigenvalue weighted by Crippen LogP contribution is -2.48. The molecule has 2 saturated heterocycles. The van der Waals surface area contributed by atoms with Crippen LogP contribution in [0.4, 0.5) is 5.69 Å². The molecule has 0 amide bonds. The van der Waals surface area contributed by atoms with E-state index in [2.05, 4.69) is 45.9 Å². The summed E-state index contributed by atoms with van der Waals surface area (Å²) in [4.78, 5) is 2.52. The molecular formula is C37H43N2O4S+. The van der Waals surface area contributed by atoms with Gasteiger partial charge in [0.15, 0.2) is 6.04 Å². The van der Waals surface area contributed by atoms with Crippen LogP contribution in [0.25, 0.3) is 33.4 Å². The lowest BCUT2D eigenvalue weighted by molar-refractivity contribution is 0.181. The van der Waals surface area contributed by atoms with Gasteiger partial charge in [0.05, 0.1) is 6.07 Å². The molecule has 0 aromatic heterocycles. The van der Waals surface area contributed by atoms with E-state index in [4.69, 9.17) is 4.42 Å². The molecule has 0 spiro atoms. The second kappa shape index (κ2) is 11.3. The van der Waals surface area contributed by atoms with Crippen LogP contribution in [0, 0.1) is 11.8 Å². The second-order valence-electron chi connectivity index (χ2n) is 13.7. The predicted octanol–water partition coefficient (Wildman–Crippen LogP) is 7.74. The number of hydrogen-bond donors (Lipinski definition) is 1. The highest BCUT2D eigenvalue weighted by atomic mass is 32.2. The SMILES string of the molecule is O=S(=O)(O)c1ccccc1-c1c2cc/c(=[N+]3/CCCC4CCCCC43)cc-2oc2cc(N3CCCC4CCCCC43)ccc12. The van der Waals surface area contributed by atoms with Crippen molar-refractivity contribution in [3.05, 3.63) is 66.0 Å². The maximum atomic E-state index is 12.6. The molecule has 3 heterocycles. The Morgan fingerprint density at radius 2 is 1.55 bits per heavy atom. The van der Waals surface area contributed by atoms with E-state index in [9.17, 15) is 13.0 Å². The third-order valence-corrected chi connectivity index (χ3v) is 12.2. The predicted molar refractivity (Wildman–Crippen MR) is 176 cm³/mol. The topological polar surface area (TPSA) is 73.8 Å². The van der Waals surface area contributed by atoms with Crippen LogP contribution >= 0.6 is 0 Å². The molecule has 0 radical (unpaired) electrons. The van der Waals surface area contributed by atoms with Gasteiger partial charge in [0.2, 0.25) is 5.36 Å². The van der Waals surface area contributed by atoms with Crippen molar-refractivity contribution in [1.29, 1.82) is 0 Å². The summed E-state index contributed by atoms with van der Waals surface area (Å²) in [5, 5.41) is 2.04. The molecule has 2 aromatic rings.